The van der Waals surface area contributed by atoms with E-state index in [1.807, 2.05) is 24.4 Å². The molecule has 294 valence electrons. The molecule has 0 bridgehead atoms. The number of nitrogens with one attached hydrogen (secondary N) is 1. The number of benzene rings is 4. The summed E-state index contributed by atoms with van der Waals surface area (Å²) in [6.07, 6.45) is 16.5. The number of carbonyl (C=O) groups is 2. The van der Waals surface area contributed by atoms with E-state index in [2.05, 4.69) is 78.1 Å². The van der Waals surface area contributed by atoms with Gasteiger partial charge in [-0.25, -0.2) is 0 Å². The number of allylic oxidation sites excluding steroid dienone is 3. The van der Waals surface area contributed by atoms with Crippen LogP contribution >= 0.6 is 0 Å². The molecule has 4 aromatic rings. The molecule has 0 saturated carbocycles. The number of phenolic OH excluding ortho intramolecular Hbond substituents is 1. The van der Waals surface area contributed by atoms with Crippen LogP contribution in [0.3, 0.4) is 0 Å². The Balaban J connectivity index is 1.17. The van der Waals surface area contributed by atoms with Gasteiger partial charge in [0.1, 0.15) is 5.78 Å². The van der Waals surface area contributed by atoms with Crippen LogP contribution in [0.5, 0.6) is 11.5 Å². The summed E-state index contributed by atoms with van der Waals surface area (Å²) in [5.74, 6) is -0.260. The van der Waals surface area contributed by atoms with Gasteiger partial charge in [0.2, 0.25) is 0 Å². The van der Waals surface area contributed by atoms with E-state index in [0.29, 0.717) is 29.5 Å². The first-order valence-electron chi connectivity index (χ1n) is 20.1. The first kappa shape index (κ1) is 41.9. The molecule has 1 atom stereocenters. The monoisotopic (exact) mass is 754 g/mol. The van der Waals surface area contributed by atoms with Gasteiger partial charge >= 0.3 is 0 Å². The van der Waals surface area contributed by atoms with Crippen LogP contribution in [0, 0.1) is 0 Å². The number of ketones is 2. The van der Waals surface area contributed by atoms with Crippen LogP contribution in [0.25, 0.3) is 5.57 Å². The van der Waals surface area contributed by atoms with Crippen LogP contribution in [0.4, 0.5) is 0 Å². The summed E-state index contributed by atoms with van der Waals surface area (Å²) in [5, 5.41) is 24.5. The summed E-state index contributed by atoms with van der Waals surface area (Å²) in [4.78, 5) is 25.9. The smallest absolute Gasteiger partial charge is 0.163 e. The molecule has 56 heavy (non-hydrogen) atoms. The minimum Gasteiger partial charge on any atom is -0.504 e. The number of nitrogens with two attached hydrogens (primary N) is 1. The largest absolute Gasteiger partial charge is 0.504 e. The number of aliphatic hydroxyl groups excluding tert-OH is 1. The van der Waals surface area contributed by atoms with Crippen LogP contribution in [0.15, 0.2) is 127 Å². The van der Waals surface area contributed by atoms with Crippen molar-refractivity contribution < 1.29 is 24.5 Å². The van der Waals surface area contributed by atoms with Crippen molar-refractivity contribution in [3.63, 3.8) is 0 Å². The summed E-state index contributed by atoms with van der Waals surface area (Å²) < 4.78 is 5.42. The number of ether oxygens (including phenoxy) is 1. The predicted molar refractivity (Wildman–Crippen MR) is 226 cm³/mol. The fourth-order valence-electron chi connectivity index (χ4n) is 7.39. The van der Waals surface area contributed by atoms with Gasteiger partial charge in [-0.05, 0) is 126 Å². The van der Waals surface area contributed by atoms with E-state index < -0.39 is 6.61 Å². The molecule has 0 radical (unpaired) electrons. The normalized spacial score (nSPS) is 14.1. The van der Waals surface area contributed by atoms with E-state index in [4.69, 9.17) is 10.5 Å². The minimum absolute atomic E-state index is 0.0415. The van der Waals surface area contributed by atoms with Crippen molar-refractivity contribution in [3.05, 3.63) is 160 Å². The zero-order valence-electron chi connectivity index (χ0n) is 32.9. The number of hydrogen-bond acceptors (Lipinski definition) is 7. The molecule has 1 aliphatic heterocycles. The zero-order valence-corrected chi connectivity index (χ0v) is 32.9. The third kappa shape index (κ3) is 13.5. The molecule has 1 aliphatic rings. The minimum atomic E-state index is -0.420. The lowest BCUT2D eigenvalue weighted by Gasteiger charge is -2.23. The second-order valence-corrected chi connectivity index (χ2v) is 14.8. The first-order chi connectivity index (χ1) is 27.3. The fourth-order valence-corrected chi connectivity index (χ4v) is 7.39. The van der Waals surface area contributed by atoms with E-state index in [9.17, 15) is 19.8 Å². The predicted octanol–water partition coefficient (Wildman–Crippen LogP) is 8.94. The molecule has 5 N–H and O–H groups in total. The van der Waals surface area contributed by atoms with Crippen LogP contribution in [0.2, 0.25) is 0 Å². The van der Waals surface area contributed by atoms with E-state index in [1.54, 1.807) is 12.1 Å². The number of aliphatic hydroxyl groups is 1. The standard InChI is InChI=1S/C49H58N2O5/c1-56-48-33-46(43(35-52)29-45(54)32-44(53)22-13-5-3-2-4-8-15-36-16-9-6-10-17-36)41(30-47(48)55)28-42-34-51-49(50)31-40(42)26-25-39-21-14-20-38(27-39)24-23-37-18-11-7-12-19-37/h6-7,9-12,14,16-21,27,29-31,33-34,49,51-52,55H,2-5,8,13,15,22-26,28,32,35,50H2,1H3. The van der Waals surface area contributed by atoms with E-state index in [-0.39, 0.29) is 35.7 Å². The molecular formula is C49H58N2O5. The lowest BCUT2D eigenvalue weighted by atomic mass is 9.88. The quantitative estimate of drug-likeness (QED) is 0.0339. The number of rotatable bonds is 23. The summed E-state index contributed by atoms with van der Waals surface area (Å²) in [7, 11) is 1.46. The number of hydrogen-bond donors (Lipinski definition) is 4. The lowest BCUT2D eigenvalue weighted by molar-refractivity contribution is -0.124. The summed E-state index contributed by atoms with van der Waals surface area (Å²) in [6.45, 7) is -0.420. The van der Waals surface area contributed by atoms with Gasteiger partial charge in [0.25, 0.3) is 0 Å². The molecular weight excluding hydrogens is 697 g/mol. The molecule has 7 nitrogen and oxygen atoms in total. The third-order valence-corrected chi connectivity index (χ3v) is 10.5. The van der Waals surface area contributed by atoms with Gasteiger partial charge in [-0.1, -0.05) is 111 Å². The van der Waals surface area contributed by atoms with Crippen molar-refractivity contribution in [2.24, 2.45) is 5.73 Å². The number of Topliss-reactive ketones (excluding diaryl/α,β-unsaturated/α-hetero) is 1. The van der Waals surface area contributed by atoms with Gasteiger partial charge in [-0.15, -0.1) is 0 Å². The maximum atomic E-state index is 13.2. The number of unbranched alkanes of at least 4 members (excludes halogenated alkanes) is 5. The molecule has 4 aromatic carbocycles. The molecule has 5 rings (SSSR count). The number of dihydropyridines is 1. The van der Waals surface area contributed by atoms with Crippen LogP contribution in [0.1, 0.15) is 91.2 Å². The van der Waals surface area contributed by atoms with Crippen molar-refractivity contribution in [2.75, 3.05) is 13.7 Å². The Labute approximate surface area is 333 Å². The Bertz CT molecular complexity index is 1970. The third-order valence-electron chi connectivity index (χ3n) is 10.5. The SMILES string of the molecule is COc1cc(C(=CC(=O)CC(=O)CCCCCCCCc2ccccc2)CO)c(CC2=CNC(N)C=C2CCc2cccc(CCc3ccccc3)c2)cc1O. The maximum Gasteiger partial charge on any atom is 0.163 e. The Morgan fingerprint density at radius 3 is 2.02 bits per heavy atom. The van der Waals surface area contributed by atoms with Crippen LogP contribution in [-0.4, -0.2) is 41.7 Å². The molecule has 1 heterocycles. The highest BCUT2D eigenvalue weighted by Gasteiger charge is 2.20. The molecule has 0 spiro atoms. The van der Waals surface area contributed by atoms with Gasteiger partial charge < -0.3 is 26.0 Å². The maximum absolute atomic E-state index is 13.2. The van der Waals surface area contributed by atoms with Crippen molar-refractivity contribution in [1.29, 1.82) is 0 Å². The van der Waals surface area contributed by atoms with Crippen molar-refractivity contribution in [2.45, 2.75) is 96.1 Å². The average molecular weight is 755 g/mol. The lowest BCUT2D eigenvalue weighted by Crippen LogP contribution is -2.35. The Morgan fingerprint density at radius 2 is 1.34 bits per heavy atom. The number of aromatic hydroxyl groups is 1. The number of carbonyl (C=O) groups excluding carboxylic acids is 2. The molecule has 1 unspecified atom stereocenters. The second kappa shape index (κ2) is 22.3. The highest BCUT2D eigenvalue weighted by molar-refractivity contribution is 6.07. The number of methoxy groups -OCH3 is 1. The van der Waals surface area contributed by atoms with Gasteiger partial charge in [-0.2, -0.15) is 0 Å². The van der Waals surface area contributed by atoms with Crippen molar-refractivity contribution in [3.8, 4) is 11.5 Å². The molecule has 0 aliphatic carbocycles. The highest BCUT2D eigenvalue weighted by Crippen LogP contribution is 2.36. The van der Waals surface area contributed by atoms with Gasteiger partial charge in [0.15, 0.2) is 17.3 Å². The Hall–Kier alpha value is -5.24. The van der Waals surface area contributed by atoms with E-state index in [1.165, 1.54) is 41.9 Å². The molecule has 7 heteroatoms. The second-order valence-electron chi connectivity index (χ2n) is 14.8. The van der Waals surface area contributed by atoms with Crippen LogP contribution in [-0.2, 0) is 41.7 Å². The zero-order chi connectivity index (χ0) is 39.5. The summed E-state index contributed by atoms with van der Waals surface area (Å²) >= 11 is 0. The number of phenols is 1. The fraction of sp³-hybridized carbons (Fsp3) is 0.347. The Morgan fingerprint density at radius 1 is 0.732 bits per heavy atom. The van der Waals surface area contributed by atoms with Crippen LogP contribution < -0.4 is 15.8 Å². The first-order valence-corrected chi connectivity index (χ1v) is 20.1. The molecule has 0 saturated heterocycles. The van der Waals surface area contributed by atoms with Gasteiger partial charge in [-0.3, -0.25) is 9.59 Å². The molecule has 0 amide bonds. The topological polar surface area (TPSA) is 122 Å². The van der Waals surface area contributed by atoms with E-state index in [0.717, 1.165) is 75.4 Å². The average Bonchev–Trinajstić information content (AvgIpc) is 3.21. The molecule has 0 aromatic heterocycles. The molecule has 0 fully saturated rings. The number of aryl methyl sites for hydroxylation is 4. The van der Waals surface area contributed by atoms with Crippen molar-refractivity contribution >= 4 is 17.1 Å². The van der Waals surface area contributed by atoms with Crippen molar-refractivity contribution in [1.82, 2.24) is 5.32 Å². The van der Waals surface area contributed by atoms with Gasteiger partial charge in [0.05, 0.1) is 26.3 Å². The summed E-state index contributed by atoms with van der Waals surface area (Å²) in [5.41, 5.74) is 15.3. The summed E-state index contributed by atoms with van der Waals surface area (Å²) in [6, 6.07) is 33.1. The van der Waals surface area contributed by atoms with Gasteiger partial charge in [0, 0.05) is 12.6 Å². The highest BCUT2D eigenvalue weighted by atomic mass is 16.5. The van der Waals surface area contributed by atoms with E-state index >= 15 is 0 Å². The Kier molecular flexibility index (Phi) is 16.7.